The zero-order valence-electron chi connectivity index (χ0n) is 8.54. The van der Waals surface area contributed by atoms with Crippen molar-refractivity contribution in [1.82, 2.24) is 0 Å². The molecular formula is C9H13N7. The summed E-state index contributed by atoms with van der Waals surface area (Å²) in [5, 5.41) is 7.13. The highest BCUT2D eigenvalue weighted by atomic mass is 15.3. The lowest BCUT2D eigenvalue weighted by Gasteiger charge is -1.96. The van der Waals surface area contributed by atoms with Crippen LogP contribution >= 0.6 is 0 Å². The Balaban J connectivity index is 2.87. The van der Waals surface area contributed by atoms with Crippen LogP contribution in [0.3, 0.4) is 0 Å². The number of nitrogens with two attached hydrogens (primary N) is 4. The van der Waals surface area contributed by atoms with Crippen molar-refractivity contribution in [3.05, 3.63) is 29.8 Å². The van der Waals surface area contributed by atoms with Crippen molar-refractivity contribution in [2.24, 2.45) is 38.1 Å². The molecule has 0 fully saturated rings. The van der Waals surface area contributed by atoms with Gasteiger partial charge in [0.05, 0.1) is 11.9 Å². The first-order valence-electron chi connectivity index (χ1n) is 4.39. The van der Waals surface area contributed by atoms with Crippen molar-refractivity contribution in [2.45, 2.75) is 0 Å². The van der Waals surface area contributed by atoms with Gasteiger partial charge in [0.25, 0.3) is 0 Å². The summed E-state index contributed by atoms with van der Waals surface area (Å²) in [4.78, 5) is 3.89. The van der Waals surface area contributed by atoms with Gasteiger partial charge in [-0.2, -0.15) is 5.10 Å². The van der Waals surface area contributed by atoms with Gasteiger partial charge in [-0.3, -0.25) is 0 Å². The molecule has 0 atom stereocenters. The lowest BCUT2D eigenvalue weighted by molar-refractivity contribution is 1.21. The summed E-state index contributed by atoms with van der Waals surface area (Å²) >= 11 is 0. The predicted octanol–water partition coefficient (Wildman–Crippen LogP) is -0.801. The number of aliphatic imine (C=N–C) groups is 1. The van der Waals surface area contributed by atoms with E-state index in [1.165, 1.54) is 6.21 Å². The van der Waals surface area contributed by atoms with Gasteiger partial charge in [-0.15, -0.1) is 5.10 Å². The van der Waals surface area contributed by atoms with E-state index in [0.29, 0.717) is 5.69 Å². The number of rotatable bonds is 3. The van der Waals surface area contributed by atoms with Gasteiger partial charge in [0, 0.05) is 0 Å². The predicted molar refractivity (Wildman–Crippen MR) is 65.3 cm³/mol. The maximum Gasteiger partial charge on any atom is 0.211 e. The Labute approximate surface area is 92.5 Å². The number of nitrogens with zero attached hydrogens (tertiary/aromatic N) is 3. The summed E-state index contributed by atoms with van der Waals surface area (Å²) in [6.45, 7) is 0. The zero-order chi connectivity index (χ0) is 12.0. The average molecular weight is 219 g/mol. The molecule has 7 nitrogen and oxygen atoms in total. The summed E-state index contributed by atoms with van der Waals surface area (Å²) < 4.78 is 0. The van der Waals surface area contributed by atoms with Crippen molar-refractivity contribution in [3.63, 3.8) is 0 Å². The second-order valence-electron chi connectivity index (χ2n) is 2.90. The van der Waals surface area contributed by atoms with Gasteiger partial charge in [-0.25, -0.2) is 4.99 Å². The first kappa shape index (κ1) is 11.5. The Morgan fingerprint density at radius 1 is 1.06 bits per heavy atom. The number of benzene rings is 1. The van der Waals surface area contributed by atoms with Crippen LogP contribution in [0.5, 0.6) is 0 Å². The van der Waals surface area contributed by atoms with E-state index in [4.69, 9.17) is 22.9 Å². The Bertz CT molecular complexity index is 439. The van der Waals surface area contributed by atoms with Gasteiger partial charge < -0.3 is 22.9 Å². The fraction of sp³-hybridized carbons (Fsp3) is 0. The SMILES string of the molecule is NC(N)=NN=Cc1cccc(N=C(N)N)c1. The lowest BCUT2D eigenvalue weighted by atomic mass is 10.2. The molecule has 7 heteroatoms. The minimum Gasteiger partial charge on any atom is -0.370 e. The minimum absolute atomic E-state index is 0.00156. The monoisotopic (exact) mass is 219 g/mol. The van der Waals surface area contributed by atoms with Crippen LogP contribution in [-0.2, 0) is 0 Å². The van der Waals surface area contributed by atoms with Gasteiger partial charge in [0.15, 0.2) is 5.96 Å². The van der Waals surface area contributed by atoms with E-state index in [2.05, 4.69) is 15.2 Å². The first-order chi connectivity index (χ1) is 7.58. The Morgan fingerprint density at radius 3 is 2.44 bits per heavy atom. The molecule has 0 aliphatic heterocycles. The highest BCUT2D eigenvalue weighted by Crippen LogP contribution is 2.12. The standard InChI is InChI=1S/C9H13N7/c10-8(11)15-7-3-1-2-6(4-7)5-14-16-9(12)13/h1-5H,(H4,10,11,15)(H4,12,13,16). The number of hydrogen-bond acceptors (Lipinski definition) is 3. The smallest absolute Gasteiger partial charge is 0.211 e. The number of guanidine groups is 2. The lowest BCUT2D eigenvalue weighted by Crippen LogP contribution is -2.21. The van der Waals surface area contributed by atoms with Gasteiger partial charge in [-0.05, 0) is 17.7 Å². The first-order valence-corrected chi connectivity index (χ1v) is 4.39. The van der Waals surface area contributed by atoms with Crippen molar-refractivity contribution in [3.8, 4) is 0 Å². The molecule has 0 heterocycles. The second-order valence-corrected chi connectivity index (χ2v) is 2.90. The van der Waals surface area contributed by atoms with E-state index in [1.807, 2.05) is 6.07 Å². The molecule has 1 aromatic carbocycles. The molecule has 0 amide bonds. The molecule has 0 saturated heterocycles. The largest absolute Gasteiger partial charge is 0.370 e. The molecule has 0 unspecified atom stereocenters. The highest BCUT2D eigenvalue weighted by molar-refractivity contribution is 5.84. The summed E-state index contributed by atoms with van der Waals surface area (Å²) in [7, 11) is 0. The van der Waals surface area contributed by atoms with Gasteiger partial charge >= 0.3 is 0 Å². The quantitative estimate of drug-likeness (QED) is 0.300. The van der Waals surface area contributed by atoms with Crippen molar-refractivity contribution in [1.29, 1.82) is 0 Å². The molecule has 1 rings (SSSR count). The summed E-state index contributed by atoms with van der Waals surface area (Å²) in [5.41, 5.74) is 22.1. The fourth-order valence-electron chi connectivity index (χ4n) is 0.986. The zero-order valence-corrected chi connectivity index (χ0v) is 8.54. The molecular weight excluding hydrogens is 206 g/mol. The maximum absolute atomic E-state index is 5.25. The maximum atomic E-state index is 5.25. The Morgan fingerprint density at radius 2 is 1.81 bits per heavy atom. The number of hydrogen-bond donors (Lipinski definition) is 4. The van der Waals surface area contributed by atoms with E-state index in [0.717, 1.165) is 5.56 Å². The van der Waals surface area contributed by atoms with E-state index < -0.39 is 0 Å². The third-order valence-corrected chi connectivity index (χ3v) is 1.51. The molecule has 8 N–H and O–H groups in total. The summed E-state index contributed by atoms with van der Waals surface area (Å²) in [6, 6.07) is 7.11. The van der Waals surface area contributed by atoms with E-state index in [9.17, 15) is 0 Å². The molecule has 0 saturated carbocycles. The topological polar surface area (TPSA) is 141 Å². The van der Waals surface area contributed by atoms with Crippen LogP contribution < -0.4 is 22.9 Å². The van der Waals surface area contributed by atoms with E-state index in [1.54, 1.807) is 18.2 Å². The van der Waals surface area contributed by atoms with Gasteiger partial charge in [-0.1, -0.05) is 12.1 Å². The summed E-state index contributed by atoms with van der Waals surface area (Å²) in [5.74, 6) is -0.102. The average Bonchev–Trinajstić information content (AvgIpc) is 2.16. The molecule has 0 bridgehead atoms. The van der Waals surface area contributed by atoms with Crippen molar-refractivity contribution < 1.29 is 0 Å². The van der Waals surface area contributed by atoms with E-state index in [-0.39, 0.29) is 11.9 Å². The normalized spacial score (nSPS) is 10.0. The van der Waals surface area contributed by atoms with Crippen molar-refractivity contribution >= 4 is 23.8 Å². The van der Waals surface area contributed by atoms with E-state index >= 15 is 0 Å². The third kappa shape index (κ3) is 4.09. The van der Waals surface area contributed by atoms with Crippen LogP contribution in [0, 0.1) is 0 Å². The third-order valence-electron chi connectivity index (χ3n) is 1.51. The summed E-state index contributed by atoms with van der Waals surface area (Å²) in [6.07, 6.45) is 1.49. The molecule has 0 aliphatic rings. The van der Waals surface area contributed by atoms with Gasteiger partial charge in [0.1, 0.15) is 0 Å². The van der Waals surface area contributed by atoms with Crippen LogP contribution in [0.2, 0.25) is 0 Å². The highest BCUT2D eigenvalue weighted by Gasteiger charge is 1.92. The van der Waals surface area contributed by atoms with Crippen LogP contribution in [0.25, 0.3) is 0 Å². The molecule has 16 heavy (non-hydrogen) atoms. The second kappa shape index (κ2) is 5.35. The van der Waals surface area contributed by atoms with Gasteiger partial charge in [0.2, 0.25) is 5.96 Å². The molecule has 0 radical (unpaired) electrons. The Hall–Kier alpha value is -2.57. The van der Waals surface area contributed by atoms with Crippen LogP contribution in [0.1, 0.15) is 5.56 Å². The Kier molecular flexibility index (Phi) is 3.84. The fourth-order valence-corrected chi connectivity index (χ4v) is 0.986. The van der Waals surface area contributed by atoms with Crippen LogP contribution in [0.15, 0.2) is 39.5 Å². The minimum atomic E-state index is -0.100. The molecule has 1 aromatic rings. The van der Waals surface area contributed by atoms with Crippen molar-refractivity contribution in [2.75, 3.05) is 0 Å². The van der Waals surface area contributed by atoms with Crippen LogP contribution in [-0.4, -0.2) is 18.1 Å². The van der Waals surface area contributed by atoms with Crippen LogP contribution in [0.4, 0.5) is 5.69 Å². The molecule has 0 aromatic heterocycles. The molecule has 84 valence electrons. The molecule has 0 spiro atoms. The molecule has 0 aliphatic carbocycles.